The number of halogens is 4. The molecular weight excluding hydrogens is 526 g/mol. The van der Waals surface area contributed by atoms with E-state index in [9.17, 15) is 27.2 Å². The number of piperidine rings is 1. The van der Waals surface area contributed by atoms with Crippen LogP contribution in [-0.4, -0.2) is 48.7 Å². The summed E-state index contributed by atoms with van der Waals surface area (Å²) < 4.78 is 64.5. The molecule has 2 saturated heterocycles. The van der Waals surface area contributed by atoms with Gasteiger partial charge < -0.3 is 9.47 Å². The van der Waals surface area contributed by atoms with Crippen molar-refractivity contribution in [3.8, 4) is 11.1 Å². The quantitative estimate of drug-likeness (QED) is 0.344. The molecule has 2 fully saturated rings. The summed E-state index contributed by atoms with van der Waals surface area (Å²) in [7, 11) is 0. The summed E-state index contributed by atoms with van der Waals surface area (Å²) in [5, 5.41) is 0. The summed E-state index contributed by atoms with van der Waals surface area (Å²) >= 11 is 0. The number of carbonyl (C=O) groups is 2. The molecular formula is C31H27F4NO4. The van der Waals surface area contributed by atoms with Gasteiger partial charge in [-0.3, -0.25) is 9.69 Å². The molecule has 2 atom stereocenters. The maximum atomic E-state index is 14.4. The second-order valence-corrected chi connectivity index (χ2v) is 10.7. The first-order chi connectivity index (χ1) is 19.2. The number of fused-ring (bicyclic) bond motifs is 5. The van der Waals surface area contributed by atoms with Crippen molar-refractivity contribution in [3.05, 3.63) is 94.8 Å². The molecule has 3 aromatic carbocycles. The Morgan fingerprint density at radius 1 is 0.900 bits per heavy atom. The molecule has 2 aliphatic heterocycles. The van der Waals surface area contributed by atoms with Crippen LogP contribution in [0.4, 0.5) is 22.4 Å². The van der Waals surface area contributed by atoms with E-state index in [0.717, 1.165) is 34.4 Å². The summed E-state index contributed by atoms with van der Waals surface area (Å²) in [6, 6.07) is 17.6. The third kappa shape index (κ3) is 4.87. The fourth-order valence-corrected chi connectivity index (χ4v) is 6.34. The fraction of sp³-hybridized carbons (Fsp3) is 0.355. The number of hydrogen-bond acceptors (Lipinski definition) is 4. The van der Waals surface area contributed by atoms with Crippen molar-refractivity contribution in [2.75, 3.05) is 19.8 Å². The molecule has 1 amide bonds. The first-order valence-corrected chi connectivity index (χ1v) is 13.3. The van der Waals surface area contributed by atoms with Crippen molar-refractivity contribution in [2.24, 2.45) is 5.92 Å². The number of nitrogens with zero attached hydrogens (tertiary/aromatic N) is 1. The SMILES string of the molecule is O=C(Cc1ccc(C(F)(F)F)cc1F)C1CC2COCC(C1)N2C(=O)OCC1c2ccccc2-c2ccccc21. The Bertz CT molecular complexity index is 1400. The van der Waals surface area contributed by atoms with Crippen LogP contribution in [0.5, 0.6) is 0 Å². The minimum Gasteiger partial charge on any atom is -0.448 e. The lowest BCUT2D eigenvalue weighted by Gasteiger charge is -2.47. The lowest BCUT2D eigenvalue weighted by molar-refractivity contribution is -0.137. The van der Waals surface area contributed by atoms with Crippen LogP contribution < -0.4 is 0 Å². The number of benzene rings is 3. The molecule has 0 saturated carbocycles. The van der Waals surface area contributed by atoms with Gasteiger partial charge >= 0.3 is 12.3 Å². The van der Waals surface area contributed by atoms with Crippen molar-refractivity contribution in [3.63, 3.8) is 0 Å². The second-order valence-electron chi connectivity index (χ2n) is 10.7. The van der Waals surface area contributed by atoms with Crippen molar-refractivity contribution >= 4 is 11.9 Å². The van der Waals surface area contributed by atoms with Crippen LogP contribution in [0.15, 0.2) is 66.7 Å². The molecule has 3 aromatic rings. The number of morpholine rings is 1. The number of alkyl halides is 3. The number of amides is 1. The molecule has 208 valence electrons. The topological polar surface area (TPSA) is 55.8 Å². The zero-order valence-electron chi connectivity index (χ0n) is 21.5. The summed E-state index contributed by atoms with van der Waals surface area (Å²) in [5.74, 6) is -1.85. The zero-order chi connectivity index (χ0) is 28.0. The van der Waals surface area contributed by atoms with Crippen LogP contribution >= 0.6 is 0 Å². The molecule has 3 aliphatic rings. The minimum absolute atomic E-state index is 0.0709. The molecule has 9 heteroatoms. The van der Waals surface area contributed by atoms with E-state index in [1.54, 1.807) is 4.90 Å². The number of hydrogen-bond donors (Lipinski definition) is 0. The fourth-order valence-electron chi connectivity index (χ4n) is 6.34. The van der Waals surface area contributed by atoms with Gasteiger partial charge in [0.1, 0.15) is 18.2 Å². The number of carbonyl (C=O) groups excluding carboxylic acids is 2. The summed E-state index contributed by atoms with van der Waals surface area (Å²) in [6.45, 7) is 0.678. The molecule has 0 radical (unpaired) electrons. The summed E-state index contributed by atoms with van der Waals surface area (Å²) in [5.41, 5.74) is 3.32. The molecule has 5 nitrogen and oxygen atoms in total. The highest BCUT2D eigenvalue weighted by Crippen LogP contribution is 2.45. The van der Waals surface area contributed by atoms with E-state index in [1.165, 1.54) is 0 Å². The Kier molecular flexibility index (Phi) is 6.86. The average Bonchev–Trinajstić information content (AvgIpc) is 3.25. The van der Waals surface area contributed by atoms with Crippen LogP contribution in [0.25, 0.3) is 11.1 Å². The van der Waals surface area contributed by atoms with Crippen LogP contribution in [0, 0.1) is 11.7 Å². The Morgan fingerprint density at radius 3 is 2.08 bits per heavy atom. The predicted molar refractivity (Wildman–Crippen MR) is 138 cm³/mol. The van der Waals surface area contributed by atoms with E-state index in [2.05, 4.69) is 12.1 Å². The van der Waals surface area contributed by atoms with Crippen LogP contribution in [0.2, 0.25) is 0 Å². The molecule has 0 aromatic heterocycles. The largest absolute Gasteiger partial charge is 0.448 e. The molecule has 2 bridgehead atoms. The highest BCUT2D eigenvalue weighted by Gasteiger charge is 2.45. The van der Waals surface area contributed by atoms with Crippen LogP contribution in [0.1, 0.15) is 41.0 Å². The molecule has 2 unspecified atom stereocenters. The predicted octanol–water partition coefficient (Wildman–Crippen LogP) is 6.38. The van der Waals surface area contributed by atoms with E-state index in [0.29, 0.717) is 18.9 Å². The van der Waals surface area contributed by atoms with E-state index in [1.807, 2.05) is 36.4 Å². The van der Waals surface area contributed by atoms with Gasteiger partial charge in [0, 0.05) is 18.3 Å². The number of ether oxygens (including phenoxy) is 2. The standard InChI is InChI=1S/C31H27F4NO4/c32-28-14-20(31(33,34)35)10-9-18(28)13-29(37)19-11-21-15-39-16-22(12-19)36(21)30(38)40-17-27-25-7-3-1-5-23(25)24-6-2-4-8-26(24)27/h1-10,14,19,21-22,27H,11-13,15-17H2. The number of rotatable bonds is 5. The Hall–Kier alpha value is -3.72. The van der Waals surface area contributed by atoms with E-state index in [-0.39, 0.29) is 55.6 Å². The minimum atomic E-state index is -4.66. The molecule has 6 rings (SSSR count). The summed E-state index contributed by atoms with van der Waals surface area (Å²) in [4.78, 5) is 28.1. The number of Topliss-reactive ketones (excluding diaryl/α,β-unsaturated/α-hetero) is 1. The maximum absolute atomic E-state index is 14.4. The summed E-state index contributed by atoms with van der Waals surface area (Å²) in [6.07, 6.45) is -4.78. The molecule has 40 heavy (non-hydrogen) atoms. The van der Waals surface area contributed by atoms with Crippen molar-refractivity contribution in [2.45, 2.75) is 43.4 Å². The molecule has 1 aliphatic carbocycles. The lowest BCUT2D eigenvalue weighted by atomic mass is 9.81. The van der Waals surface area contributed by atoms with Gasteiger partial charge in [0.05, 0.1) is 30.9 Å². The smallest absolute Gasteiger partial charge is 0.416 e. The normalized spacial score (nSPS) is 22.0. The van der Waals surface area contributed by atoms with E-state index in [4.69, 9.17) is 9.47 Å². The number of ketones is 1. The molecule has 2 heterocycles. The first kappa shape index (κ1) is 26.5. The van der Waals surface area contributed by atoms with Crippen molar-refractivity contribution in [1.29, 1.82) is 0 Å². The van der Waals surface area contributed by atoms with Gasteiger partial charge in [-0.1, -0.05) is 54.6 Å². The van der Waals surface area contributed by atoms with Gasteiger partial charge in [-0.25, -0.2) is 9.18 Å². The van der Waals surface area contributed by atoms with Gasteiger partial charge in [0.2, 0.25) is 0 Å². The third-order valence-electron chi connectivity index (χ3n) is 8.27. The van der Waals surface area contributed by atoms with Crippen LogP contribution in [0.3, 0.4) is 0 Å². The van der Waals surface area contributed by atoms with Gasteiger partial charge in [-0.15, -0.1) is 0 Å². The van der Waals surface area contributed by atoms with E-state index < -0.39 is 29.6 Å². The van der Waals surface area contributed by atoms with E-state index >= 15 is 0 Å². The molecule has 0 spiro atoms. The van der Waals surface area contributed by atoms with Gasteiger partial charge in [0.25, 0.3) is 0 Å². The van der Waals surface area contributed by atoms with Gasteiger partial charge in [-0.2, -0.15) is 13.2 Å². The zero-order valence-corrected chi connectivity index (χ0v) is 21.5. The van der Waals surface area contributed by atoms with Crippen LogP contribution in [-0.2, 0) is 26.9 Å². The first-order valence-electron chi connectivity index (χ1n) is 13.3. The maximum Gasteiger partial charge on any atom is 0.416 e. The lowest BCUT2D eigenvalue weighted by Crippen LogP contribution is -2.60. The molecule has 0 N–H and O–H groups in total. The van der Waals surface area contributed by atoms with Crippen molar-refractivity contribution < 1.29 is 36.6 Å². The Labute approximate surface area is 228 Å². The van der Waals surface area contributed by atoms with Gasteiger partial charge in [0.15, 0.2) is 0 Å². The Balaban J connectivity index is 1.12. The average molecular weight is 554 g/mol. The highest BCUT2D eigenvalue weighted by molar-refractivity contribution is 5.84. The third-order valence-corrected chi connectivity index (χ3v) is 8.27. The van der Waals surface area contributed by atoms with Crippen molar-refractivity contribution in [1.82, 2.24) is 4.90 Å². The monoisotopic (exact) mass is 553 g/mol. The Morgan fingerprint density at radius 2 is 1.50 bits per heavy atom. The highest BCUT2D eigenvalue weighted by atomic mass is 19.4. The second kappa shape index (κ2) is 10.4. The van der Waals surface area contributed by atoms with Gasteiger partial charge in [-0.05, 0) is 52.8 Å².